The minimum Gasteiger partial charge on any atom is -0.338 e. The molecular weight excluding hydrogens is 424 g/mol. The lowest BCUT2D eigenvalue weighted by Gasteiger charge is -2.22. The van der Waals surface area contributed by atoms with E-state index in [2.05, 4.69) is 133 Å². The summed E-state index contributed by atoms with van der Waals surface area (Å²) in [5.41, 5.74) is 11.2. The number of imidazole rings is 1. The first-order valence-corrected chi connectivity index (χ1v) is 11.8. The van der Waals surface area contributed by atoms with Crippen LogP contribution in [-0.4, -0.2) is 9.97 Å². The van der Waals surface area contributed by atoms with Crippen LogP contribution in [0.4, 0.5) is 0 Å². The van der Waals surface area contributed by atoms with Crippen LogP contribution < -0.4 is 0 Å². The third kappa shape index (κ3) is 3.66. The molecule has 6 rings (SSSR count). The molecule has 0 unspecified atom stereocenters. The Bertz CT molecular complexity index is 1500. The van der Waals surface area contributed by atoms with Crippen molar-refractivity contribution >= 4 is 17.1 Å². The van der Waals surface area contributed by atoms with Gasteiger partial charge in [0, 0.05) is 22.3 Å². The fraction of sp³-hybridized carbons (Fsp3) is 0. The lowest BCUT2D eigenvalue weighted by atomic mass is 9.81. The highest BCUT2D eigenvalue weighted by molar-refractivity contribution is 6.16. The van der Waals surface area contributed by atoms with Gasteiger partial charge in [-0.15, -0.1) is 0 Å². The van der Waals surface area contributed by atoms with Gasteiger partial charge in [-0.05, 0) is 28.3 Å². The smallest absolute Gasteiger partial charge is 0.130 e. The molecule has 0 fully saturated rings. The molecule has 0 saturated heterocycles. The molecule has 0 aliphatic rings. The Morgan fingerprint density at radius 3 is 1.29 bits per heavy atom. The largest absolute Gasteiger partial charge is 0.338 e. The highest BCUT2D eigenvalue weighted by Gasteiger charge is 2.25. The van der Waals surface area contributed by atoms with Crippen LogP contribution in [0.1, 0.15) is 5.82 Å². The molecule has 0 aliphatic carbocycles. The number of benzene rings is 5. The topological polar surface area (TPSA) is 28.7 Å². The van der Waals surface area contributed by atoms with Crippen LogP contribution >= 0.6 is 0 Å². The molecule has 0 bridgehead atoms. The van der Waals surface area contributed by atoms with Crippen LogP contribution in [0, 0.1) is 0 Å². The van der Waals surface area contributed by atoms with Crippen molar-refractivity contribution in [3.63, 3.8) is 0 Å². The molecular formula is C33H24N2. The predicted molar refractivity (Wildman–Crippen MR) is 148 cm³/mol. The Morgan fingerprint density at radius 2 is 0.857 bits per heavy atom. The molecule has 0 aliphatic heterocycles. The van der Waals surface area contributed by atoms with Crippen LogP contribution in [0.25, 0.3) is 61.6 Å². The molecule has 0 radical (unpaired) electrons. The number of aromatic nitrogens is 2. The van der Waals surface area contributed by atoms with Gasteiger partial charge in [-0.2, -0.15) is 0 Å². The average Bonchev–Trinajstić information content (AvgIpc) is 3.37. The van der Waals surface area contributed by atoms with Crippen LogP contribution in [0.2, 0.25) is 0 Å². The standard InChI is InChI=1S/C33H24N2/c1-2-27-34-32-30(25-19-11-5-12-20-25)28(23-15-7-3-8-16-23)29(24-17-9-4-10-18-24)31(33(32)35-27)26-21-13-6-14-22-26/h2-22H,1H2,(H,34,35). The van der Waals surface area contributed by atoms with Crippen LogP contribution in [0.15, 0.2) is 128 Å². The van der Waals surface area contributed by atoms with Gasteiger partial charge >= 0.3 is 0 Å². The molecule has 0 amide bonds. The van der Waals surface area contributed by atoms with E-state index in [4.69, 9.17) is 4.98 Å². The lowest BCUT2D eigenvalue weighted by Crippen LogP contribution is -1.97. The summed E-state index contributed by atoms with van der Waals surface area (Å²) in [5, 5.41) is 0. The van der Waals surface area contributed by atoms with Gasteiger partial charge in [0.25, 0.3) is 0 Å². The van der Waals surface area contributed by atoms with Crippen LogP contribution in [0.5, 0.6) is 0 Å². The molecule has 0 atom stereocenters. The molecule has 2 nitrogen and oxygen atoms in total. The van der Waals surface area contributed by atoms with Gasteiger partial charge in [-0.1, -0.05) is 128 Å². The minimum absolute atomic E-state index is 0.763. The summed E-state index contributed by atoms with van der Waals surface area (Å²) >= 11 is 0. The lowest BCUT2D eigenvalue weighted by molar-refractivity contribution is 1.29. The van der Waals surface area contributed by atoms with Crippen molar-refractivity contribution in [2.24, 2.45) is 0 Å². The summed E-state index contributed by atoms with van der Waals surface area (Å²) in [7, 11) is 0. The highest BCUT2D eigenvalue weighted by Crippen LogP contribution is 2.50. The molecule has 5 aromatic carbocycles. The van der Waals surface area contributed by atoms with Gasteiger partial charge in [0.15, 0.2) is 0 Å². The van der Waals surface area contributed by atoms with Gasteiger partial charge in [-0.25, -0.2) is 4.98 Å². The van der Waals surface area contributed by atoms with Gasteiger partial charge in [0.1, 0.15) is 5.82 Å². The van der Waals surface area contributed by atoms with E-state index in [-0.39, 0.29) is 0 Å². The molecule has 166 valence electrons. The predicted octanol–water partition coefficient (Wildman–Crippen LogP) is 8.87. The first-order chi connectivity index (χ1) is 17.3. The van der Waals surface area contributed by atoms with Gasteiger partial charge in [0.2, 0.25) is 0 Å². The summed E-state index contributed by atoms with van der Waals surface area (Å²) in [5.74, 6) is 0.763. The molecule has 1 heterocycles. The summed E-state index contributed by atoms with van der Waals surface area (Å²) in [6, 6.07) is 42.5. The van der Waals surface area contributed by atoms with E-state index in [9.17, 15) is 0 Å². The van der Waals surface area contributed by atoms with Gasteiger partial charge < -0.3 is 4.98 Å². The molecule has 6 aromatic rings. The van der Waals surface area contributed by atoms with E-state index < -0.39 is 0 Å². The average molecular weight is 449 g/mol. The van der Waals surface area contributed by atoms with Crippen molar-refractivity contribution in [1.82, 2.24) is 9.97 Å². The highest BCUT2D eigenvalue weighted by atomic mass is 14.9. The van der Waals surface area contributed by atoms with Crippen molar-refractivity contribution in [2.75, 3.05) is 0 Å². The van der Waals surface area contributed by atoms with Crippen molar-refractivity contribution in [3.8, 4) is 44.5 Å². The van der Waals surface area contributed by atoms with E-state index in [1.54, 1.807) is 6.08 Å². The second-order valence-electron chi connectivity index (χ2n) is 8.51. The zero-order valence-electron chi connectivity index (χ0n) is 19.3. The number of H-pyrrole nitrogens is 1. The van der Waals surface area contributed by atoms with E-state index in [0.717, 1.165) is 44.7 Å². The number of nitrogens with zero attached hydrogens (tertiary/aromatic N) is 1. The first-order valence-electron chi connectivity index (χ1n) is 11.8. The number of nitrogens with one attached hydrogen (secondary N) is 1. The minimum atomic E-state index is 0.763. The monoisotopic (exact) mass is 448 g/mol. The number of aromatic amines is 1. The van der Waals surface area contributed by atoms with Gasteiger partial charge in [-0.3, -0.25) is 0 Å². The zero-order valence-corrected chi connectivity index (χ0v) is 19.3. The summed E-state index contributed by atoms with van der Waals surface area (Å²) in [6.45, 7) is 4.00. The Kier molecular flexibility index (Phi) is 5.32. The van der Waals surface area contributed by atoms with Crippen molar-refractivity contribution in [2.45, 2.75) is 0 Å². The van der Waals surface area contributed by atoms with Gasteiger partial charge in [0.05, 0.1) is 11.0 Å². The second kappa shape index (κ2) is 8.92. The summed E-state index contributed by atoms with van der Waals surface area (Å²) < 4.78 is 0. The molecule has 35 heavy (non-hydrogen) atoms. The third-order valence-electron chi connectivity index (χ3n) is 6.40. The number of hydrogen-bond acceptors (Lipinski definition) is 1. The zero-order chi connectivity index (χ0) is 23.6. The van der Waals surface area contributed by atoms with E-state index in [0.29, 0.717) is 0 Å². The molecule has 1 N–H and O–H groups in total. The number of fused-ring (bicyclic) bond motifs is 1. The summed E-state index contributed by atoms with van der Waals surface area (Å²) in [4.78, 5) is 8.62. The van der Waals surface area contributed by atoms with Crippen molar-refractivity contribution in [3.05, 3.63) is 134 Å². The Hall–Kier alpha value is -4.69. The normalized spacial score (nSPS) is 11.0. The second-order valence-corrected chi connectivity index (χ2v) is 8.51. The maximum Gasteiger partial charge on any atom is 0.130 e. The summed E-state index contributed by atoms with van der Waals surface area (Å²) in [6.07, 6.45) is 1.79. The Labute approximate surface area is 205 Å². The molecule has 2 heteroatoms. The number of rotatable bonds is 5. The van der Waals surface area contributed by atoms with E-state index in [1.807, 2.05) is 0 Å². The Balaban J connectivity index is 1.90. The fourth-order valence-electron chi connectivity index (χ4n) is 4.91. The van der Waals surface area contributed by atoms with Crippen LogP contribution in [0.3, 0.4) is 0 Å². The van der Waals surface area contributed by atoms with Crippen LogP contribution in [-0.2, 0) is 0 Å². The maximum atomic E-state index is 5.04. The fourth-order valence-corrected chi connectivity index (χ4v) is 4.91. The maximum absolute atomic E-state index is 5.04. The molecule has 0 saturated carbocycles. The van der Waals surface area contributed by atoms with E-state index in [1.165, 1.54) is 16.7 Å². The molecule has 1 aromatic heterocycles. The SMILES string of the molecule is C=Cc1nc2c(-c3ccccc3)c(-c3ccccc3)c(-c3ccccc3)c(-c3ccccc3)c2[nH]1. The Morgan fingerprint density at radius 1 is 0.486 bits per heavy atom. The third-order valence-corrected chi connectivity index (χ3v) is 6.40. The molecule has 0 spiro atoms. The van der Waals surface area contributed by atoms with Crippen molar-refractivity contribution in [1.29, 1.82) is 0 Å². The number of hydrogen-bond donors (Lipinski definition) is 1. The quantitative estimate of drug-likeness (QED) is 0.280. The van der Waals surface area contributed by atoms with E-state index >= 15 is 0 Å². The van der Waals surface area contributed by atoms with Crippen molar-refractivity contribution < 1.29 is 0 Å². The first kappa shape index (κ1) is 20.9.